The highest BCUT2D eigenvalue weighted by Crippen LogP contribution is 2.38. The Labute approximate surface area is 222 Å². The number of carbonyl (C=O) groups excluding carboxylic acids is 1. The van der Waals surface area contributed by atoms with Gasteiger partial charge in [0.25, 0.3) is 5.91 Å². The molecule has 0 bridgehead atoms. The summed E-state index contributed by atoms with van der Waals surface area (Å²) in [5, 5.41) is 4.56. The molecule has 1 saturated heterocycles. The Morgan fingerprint density at radius 3 is 2.53 bits per heavy atom. The summed E-state index contributed by atoms with van der Waals surface area (Å²) in [6.07, 6.45) is -0.944. The van der Waals surface area contributed by atoms with E-state index in [1.165, 1.54) is 18.3 Å². The second-order valence-corrected chi connectivity index (χ2v) is 10.3. The molecule has 5 rings (SSSR count). The van der Waals surface area contributed by atoms with E-state index in [0.29, 0.717) is 24.5 Å². The van der Waals surface area contributed by atoms with Gasteiger partial charge in [-0.25, -0.2) is 0 Å². The van der Waals surface area contributed by atoms with Gasteiger partial charge in [-0.1, -0.05) is 6.07 Å². The van der Waals surface area contributed by atoms with Crippen LogP contribution in [0.3, 0.4) is 0 Å². The summed E-state index contributed by atoms with van der Waals surface area (Å²) >= 11 is 1.49. The lowest BCUT2D eigenvalue weighted by Gasteiger charge is -2.35. The van der Waals surface area contributed by atoms with Crippen LogP contribution < -0.4 is 26.2 Å². The summed E-state index contributed by atoms with van der Waals surface area (Å²) in [7, 11) is 1.98. The molecule has 0 saturated carbocycles. The smallest absolute Gasteiger partial charge is 0.369 e. The van der Waals surface area contributed by atoms with E-state index in [0.717, 1.165) is 41.0 Å². The number of benzene rings is 2. The van der Waals surface area contributed by atoms with E-state index in [-0.39, 0.29) is 11.1 Å². The van der Waals surface area contributed by atoms with Crippen LogP contribution in [0.2, 0.25) is 0 Å². The SMILES string of the molecule is Cc1ccc(NC(=O)c2cc(N3CCN(C)CC3)c(C)c(C(F)(F)F)c2)cc1N1C=C(c2cncs2)NN1. The number of nitrogens with zero attached hydrogens (tertiary/aromatic N) is 4. The molecule has 0 radical (unpaired) electrons. The fourth-order valence-corrected chi connectivity index (χ4v) is 5.16. The predicted molar refractivity (Wildman–Crippen MR) is 144 cm³/mol. The zero-order valence-corrected chi connectivity index (χ0v) is 22.0. The molecule has 2 aliphatic heterocycles. The minimum atomic E-state index is -4.57. The van der Waals surface area contributed by atoms with Crippen molar-refractivity contribution in [1.29, 1.82) is 0 Å². The highest BCUT2D eigenvalue weighted by Gasteiger charge is 2.35. The van der Waals surface area contributed by atoms with Crippen LogP contribution in [0.15, 0.2) is 48.2 Å². The topological polar surface area (TPSA) is 75.8 Å². The molecule has 3 aromatic rings. The lowest BCUT2D eigenvalue weighted by atomic mass is 10.00. The monoisotopic (exact) mass is 543 g/mol. The third-order valence-electron chi connectivity index (χ3n) is 6.79. The van der Waals surface area contributed by atoms with Gasteiger partial charge in [0, 0.05) is 55.5 Å². The summed E-state index contributed by atoms with van der Waals surface area (Å²) < 4.78 is 41.8. The van der Waals surface area contributed by atoms with Crippen molar-refractivity contribution in [1.82, 2.24) is 20.8 Å². The van der Waals surface area contributed by atoms with Crippen LogP contribution in [0.5, 0.6) is 0 Å². The van der Waals surface area contributed by atoms with E-state index in [9.17, 15) is 18.0 Å². The third kappa shape index (κ3) is 5.33. The Hall–Kier alpha value is -3.61. The lowest BCUT2D eigenvalue weighted by molar-refractivity contribution is -0.138. The van der Waals surface area contributed by atoms with Crippen molar-refractivity contribution in [2.24, 2.45) is 0 Å². The number of anilines is 3. The molecule has 200 valence electrons. The first-order chi connectivity index (χ1) is 18.1. The van der Waals surface area contributed by atoms with Crippen molar-refractivity contribution >= 4 is 40.0 Å². The molecule has 3 heterocycles. The first kappa shape index (κ1) is 26.0. The molecule has 1 amide bonds. The highest BCUT2D eigenvalue weighted by molar-refractivity contribution is 7.10. The molecule has 0 atom stereocenters. The van der Waals surface area contributed by atoms with Gasteiger partial charge < -0.3 is 20.5 Å². The van der Waals surface area contributed by atoms with Crippen molar-refractivity contribution in [3.8, 4) is 0 Å². The molecule has 38 heavy (non-hydrogen) atoms. The Balaban J connectivity index is 1.42. The number of aryl methyl sites for hydroxylation is 1. The van der Waals surface area contributed by atoms with Crippen molar-refractivity contribution in [2.75, 3.05) is 48.5 Å². The quantitative estimate of drug-likeness (QED) is 0.434. The van der Waals surface area contributed by atoms with Gasteiger partial charge in [-0.15, -0.1) is 16.9 Å². The summed E-state index contributed by atoms with van der Waals surface area (Å²) in [4.78, 5) is 22.3. The molecule has 3 N–H and O–H groups in total. The number of thiazole rings is 1. The van der Waals surface area contributed by atoms with Gasteiger partial charge in [0.05, 0.1) is 27.3 Å². The number of aromatic nitrogens is 1. The average Bonchev–Trinajstić information content (AvgIpc) is 3.58. The highest BCUT2D eigenvalue weighted by atomic mass is 32.1. The summed E-state index contributed by atoms with van der Waals surface area (Å²) in [6.45, 7) is 6.06. The van der Waals surface area contributed by atoms with Gasteiger partial charge in [0.2, 0.25) is 0 Å². The number of halogens is 3. The number of hydrogen-bond donors (Lipinski definition) is 3. The number of hydrogen-bond acceptors (Lipinski definition) is 8. The molecule has 0 aliphatic carbocycles. The molecule has 8 nitrogen and oxygen atoms in total. The molecule has 12 heteroatoms. The summed E-state index contributed by atoms with van der Waals surface area (Å²) in [5.41, 5.74) is 10.7. The Kier molecular flexibility index (Phi) is 7.03. The van der Waals surface area contributed by atoms with Gasteiger partial charge in [0.1, 0.15) is 0 Å². The average molecular weight is 544 g/mol. The number of rotatable bonds is 5. The van der Waals surface area contributed by atoms with E-state index in [4.69, 9.17) is 0 Å². The number of alkyl halides is 3. The summed E-state index contributed by atoms with van der Waals surface area (Å²) in [5.74, 6) is -0.603. The van der Waals surface area contributed by atoms with Crippen LogP contribution in [-0.4, -0.2) is 49.0 Å². The lowest BCUT2D eigenvalue weighted by Crippen LogP contribution is -2.45. The minimum Gasteiger partial charge on any atom is -0.369 e. The van der Waals surface area contributed by atoms with Crippen LogP contribution in [0.25, 0.3) is 5.70 Å². The first-order valence-corrected chi connectivity index (χ1v) is 13.0. The van der Waals surface area contributed by atoms with Crippen LogP contribution in [0.4, 0.5) is 30.2 Å². The molecule has 1 aromatic heterocycles. The number of hydrazine groups is 2. The van der Waals surface area contributed by atoms with Crippen molar-refractivity contribution < 1.29 is 18.0 Å². The van der Waals surface area contributed by atoms with Crippen LogP contribution in [0, 0.1) is 13.8 Å². The molecule has 0 unspecified atom stereocenters. The first-order valence-electron chi connectivity index (χ1n) is 12.1. The van der Waals surface area contributed by atoms with Crippen molar-refractivity contribution in [3.63, 3.8) is 0 Å². The maximum atomic E-state index is 13.9. The van der Waals surface area contributed by atoms with E-state index >= 15 is 0 Å². The minimum absolute atomic E-state index is 0.0349. The predicted octanol–water partition coefficient (Wildman–Crippen LogP) is 4.61. The van der Waals surface area contributed by atoms with E-state index in [2.05, 4.69) is 26.2 Å². The number of carbonyl (C=O) groups is 1. The van der Waals surface area contributed by atoms with Crippen LogP contribution >= 0.6 is 11.3 Å². The van der Waals surface area contributed by atoms with Gasteiger partial charge >= 0.3 is 6.18 Å². The number of piperazine rings is 1. The second-order valence-electron chi connectivity index (χ2n) is 9.43. The van der Waals surface area contributed by atoms with Gasteiger partial charge in [0.15, 0.2) is 0 Å². The number of nitrogens with one attached hydrogen (secondary N) is 3. The van der Waals surface area contributed by atoms with E-state index in [1.54, 1.807) is 34.9 Å². The standard InChI is InChI=1S/C26H28F3N7OS/c1-16-4-5-19(12-22(16)36-14-21(32-33-36)24-13-30-15-38-24)31-25(37)18-10-20(26(27,28)29)17(2)23(11-18)35-8-6-34(3)7-9-35/h4-5,10-15,32-33H,6-9H2,1-3H3,(H,31,37). The Morgan fingerprint density at radius 1 is 1.08 bits per heavy atom. The van der Waals surface area contributed by atoms with E-state index in [1.807, 2.05) is 31.1 Å². The Morgan fingerprint density at radius 2 is 1.84 bits per heavy atom. The maximum Gasteiger partial charge on any atom is 0.416 e. The fourth-order valence-electron chi connectivity index (χ4n) is 4.57. The van der Waals surface area contributed by atoms with Crippen LogP contribution in [-0.2, 0) is 6.18 Å². The zero-order valence-electron chi connectivity index (χ0n) is 21.2. The molecule has 0 spiro atoms. The number of likely N-dealkylation sites (N-methyl/N-ethyl adjacent to an activating group) is 1. The third-order valence-corrected chi connectivity index (χ3v) is 7.59. The normalized spacial score (nSPS) is 16.4. The molecule has 1 fully saturated rings. The molecule has 2 aromatic carbocycles. The number of amides is 1. The Bertz CT molecular complexity index is 1370. The van der Waals surface area contributed by atoms with Crippen molar-refractivity contribution in [3.05, 3.63) is 75.4 Å². The molecular formula is C26H28F3N7OS. The van der Waals surface area contributed by atoms with Crippen molar-refractivity contribution in [2.45, 2.75) is 20.0 Å². The van der Waals surface area contributed by atoms with Gasteiger partial charge in [-0.2, -0.15) is 13.2 Å². The largest absolute Gasteiger partial charge is 0.416 e. The molecular weight excluding hydrogens is 515 g/mol. The second kappa shape index (κ2) is 10.3. The van der Waals surface area contributed by atoms with Crippen LogP contribution in [0.1, 0.15) is 31.9 Å². The fraction of sp³-hybridized carbons (Fsp3) is 0.308. The zero-order chi connectivity index (χ0) is 27.0. The maximum absolute atomic E-state index is 13.9. The van der Waals surface area contributed by atoms with Gasteiger partial charge in [-0.3, -0.25) is 14.8 Å². The van der Waals surface area contributed by atoms with E-state index < -0.39 is 17.6 Å². The molecule has 2 aliphatic rings. The van der Waals surface area contributed by atoms with Gasteiger partial charge in [-0.05, 0) is 56.3 Å². The summed E-state index contributed by atoms with van der Waals surface area (Å²) in [6, 6.07) is 7.85.